The van der Waals surface area contributed by atoms with E-state index in [0.717, 1.165) is 22.5 Å². The van der Waals surface area contributed by atoms with Crippen LogP contribution >= 0.6 is 0 Å². The Hall–Kier alpha value is -1.67. The zero-order valence-corrected chi connectivity index (χ0v) is 9.60. The van der Waals surface area contributed by atoms with Crippen LogP contribution in [-0.2, 0) is 11.3 Å². The monoisotopic (exact) mass is 213 g/mol. The highest BCUT2D eigenvalue weighted by atomic mass is 16.5. The van der Waals surface area contributed by atoms with Gasteiger partial charge in [0.25, 0.3) is 0 Å². The summed E-state index contributed by atoms with van der Waals surface area (Å²) in [6.45, 7) is 2.60. The Morgan fingerprint density at radius 1 is 1.06 bits per heavy atom. The largest absolute Gasteiger partial charge is 0.380 e. The minimum atomic E-state index is 0.595. The van der Waals surface area contributed by atoms with Gasteiger partial charge in [0.2, 0.25) is 0 Å². The fraction of sp³-hybridized carbons (Fsp3) is 0.214. The molecule has 0 aliphatic heterocycles. The van der Waals surface area contributed by atoms with E-state index in [1.54, 1.807) is 7.11 Å². The molecule has 0 saturated heterocycles. The lowest BCUT2D eigenvalue weighted by Crippen LogP contribution is -1.96. The zero-order chi connectivity index (χ0) is 11.4. The van der Waals surface area contributed by atoms with Crippen molar-refractivity contribution in [3.05, 3.63) is 53.7 Å². The van der Waals surface area contributed by atoms with E-state index in [-0.39, 0.29) is 0 Å². The molecule has 82 valence electrons. The number of pyridine rings is 1. The summed E-state index contributed by atoms with van der Waals surface area (Å²) in [6.07, 6.45) is 0. The third kappa shape index (κ3) is 2.28. The first-order valence-electron chi connectivity index (χ1n) is 5.32. The van der Waals surface area contributed by atoms with E-state index in [0.29, 0.717) is 6.61 Å². The van der Waals surface area contributed by atoms with Crippen LogP contribution in [0.1, 0.15) is 11.3 Å². The second kappa shape index (κ2) is 4.90. The van der Waals surface area contributed by atoms with E-state index < -0.39 is 0 Å². The van der Waals surface area contributed by atoms with Crippen LogP contribution in [0.5, 0.6) is 0 Å². The van der Waals surface area contributed by atoms with Crippen LogP contribution in [0, 0.1) is 6.92 Å². The van der Waals surface area contributed by atoms with Crippen LogP contribution in [0.4, 0.5) is 0 Å². The van der Waals surface area contributed by atoms with Gasteiger partial charge in [-0.1, -0.05) is 36.4 Å². The molecule has 0 fully saturated rings. The molecule has 1 aromatic carbocycles. The van der Waals surface area contributed by atoms with E-state index in [9.17, 15) is 0 Å². The highest BCUT2D eigenvalue weighted by molar-refractivity contribution is 5.63. The van der Waals surface area contributed by atoms with Crippen molar-refractivity contribution >= 4 is 0 Å². The van der Waals surface area contributed by atoms with Crippen molar-refractivity contribution in [1.29, 1.82) is 0 Å². The van der Waals surface area contributed by atoms with Gasteiger partial charge in [-0.3, -0.25) is 4.98 Å². The fourth-order valence-electron chi connectivity index (χ4n) is 1.70. The van der Waals surface area contributed by atoms with Crippen molar-refractivity contribution in [2.45, 2.75) is 13.5 Å². The maximum absolute atomic E-state index is 5.19. The first kappa shape index (κ1) is 10.8. The standard InChI is InChI=1S/C14H15NO/c1-11-8-9-13(10-16-2)14(15-11)12-6-4-3-5-7-12/h3-9H,10H2,1-2H3. The molecule has 2 aromatic rings. The summed E-state index contributed by atoms with van der Waals surface area (Å²) in [5.41, 5.74) is 4.30. The Morgan fingerprint density at radius 3 is 2.50 bits per heavy atom. The molecular weight excluding hydrogens is 198 g/mol. The normalized spacial score (nSPS) is 10.4. The predicted molar refractivity (Wildman–Crippen MR) is 65.1 cm³/mol. The first-order chi connectivity index (χ1) is 7.81. The Balaban J connectivity index is 2.49. The van der Waals surface area contributed by atoms with Gasteiger partial charge in [0.05, 0.1) is 12.3 Å². The zero-order valence-electron chi connectivity index (χ0n) is 9.60. The Morgan fingerprint density at radius 2 is 1.81 bits per heavy atom. The summed E-state index contributed by atoms with van der Waals surface area (Å²) in [5, 5.41) is 0. The van der Waals surface area contributed by atoms with Crippen LogP contribution in [-0.4, -0.2) is 12.1 Å². The minimum absolute atomic E-state index is 0.595. The molecule has 2 heteroatoms. The SMILES string of the molecule is COCc1ccc(C)nc1-c1ccccc1. The van der Waals surface area contributed by atoms with Crippen LogP contribution < -0.4 is 0 Å². The third-order valence-corrected chi connectivity index (χ3v) is 2.47. The number of hydrogen-bond donors (Lipinski definition) is 0. The van der Waals surface area contributed by atoms with Gasteiger partial charge in [-0.05, 0) is 13.0 Å². The second-order valence-corrected chi connectivity index (χ2v) is 3.76. The molecule has 1 aromatic heterocycles. The molecule has 2 rings (SSSR count). The lowest BCUT2D eigenvalue weighted by atomic mass is 10.1. The molecule has 0 atom stereocenters. The molecule has 0 bridgehead atoms. The van der Waals surface area contributed by atoms with E-state index in [4.69, 9.17) is 4.74 Å². The Kier molecular flexibility index (Phi) is 3.32. The van der Waals surface area contributed by atoms with Crippen LogP contribution in [0.15, 0.2) is 42.5 Å². The summed E-state index contributed by atoms with van der Waals surface area (Å²) in [7, 11) is 1.70. The van der Waals surface area contributed by atoms with Crippen molar-refractivity contribution in [2.75, 3.05) is 7.11 Å². The number of hydrogen-bond acceptors (Lipinski definition) is 2. The smallest absolute Gasteiger partial charge is 0.0760 e. The van der Waals surface area contributed by atoms with Crippen molar-refractivity contribution in [3.63, 3.8) is 0 Å². The van der Waals surface area contributed by atoms with Crippen LogP contribution in [0.25, 0.3) is 11.3 Å². The second-order valence-electron chi connectivity index (χ2n) is 3.76. The molecular formula is C14H15NO. The summed E-state index contributed by atoms with van der Waals surface area (Å²) in [6, 6.07) is 14.3. The Bertz CT molecular complexity index is 465. The quantitative estimate of drug-likeness (QED) is 0.781. The van der Waals surface area contributed by atoms with Gasteiger partial charge in [0.1, 0.15) is 0 Å². The van der Waals surface area contributed by atoms with E-state index >= 15 is 0 Å². The first-order valence-corrected chi connectivity index (χ1v) is 5.32. The van der Waals surface area contributed by atoms with Crippen molar-refractivity contribution in [3.8, 4) is 11.3 Å². The number of rotatable bonds is 3. The van der Waals surface area contributed by atoms with Crippen molar-refractivity contribution < 1.29 is 4.74 Å². The number of aromatic nitrogens is 1. The van der Waals surface area contributed by atoms with E-state index in [1.165, 1.54) is 0 Å². The highest BCUT2D eigenvalue weighted by Crippen LogP contribution is 2.22. The Labute approximate surface area is 95.9 Å². The molecule has 0 radical (unpaired) electrons. The van der Waals surface area contributed by atoms with Crippen molar-refractivity contribution in [1.82, 2.24) is 4.98 Å². The predicted octanol–water partition coefficient (Wildman–Crippen LogP) is 3.20. The molecule has 0 aliphatic rings. The van der Waals surface area contributed by atoms with E-state index in [1.807, 2.05) is 31.2 Å². The lowest BCUT2D eigenvalue weighted by molar-refractivity contribution is 0.185. The average molecular weight is 213 g/mol. The topological polar surface area (TPSA) is 22.1 Å². The minimum Gasteiger partial charge on any atom is -0.380 e. The number of aryl methyl sites for hydroxylation is 1. The van der Waals surface area contributed by atoms with Gasteiger partial charge in [-0.2, -0.15) is 0 Å². The van der Waals surface area contributed by atoms with Gasteiger partial charge in [0.15, 0.2) is 0 Å². The number of methoxy groups -OCH3 is 1. The molecule has 0 N–H and O–H groups in total. The molecule has 0 amide bonds. The van der Waals surface area contributed by atoms with E-state index in [2.05, 4.69) is 23.2 Å². The molecule has 0 aliphatic carbocycles. The fourth-order valence-corrected chi connectivity index (χ4v) is 1.70. The molecule has 0 unspecified atom stereocenters. The van der Waals surface area contributed by atoms with Gasteiger partial charge >= 0.3 is 0 Å². The lowest BCUT2D eigenvalue weighted by Gasteiger charge is -2.08. The molecule has 16 heavy (non-hydrogen) atoms. The summed E-state index contributed by atoms with van der Waals surface area (Å²) < 4.78 is 5.19. The van der Waals surface area contributed by atoms with Crippen molar-refractivity contribution in [2.24, 2.45) is 0 Å². The van der Waals surface area contributed by atoms with Gasteiger partial charge in [0, 0.05) is 23.9 Å². The summed E-state index contributed by atoms with van der Waals surface area (Å²) in [5.74, 6) is 0. The number of nitrogens with zero attached hydrogens (tertiary/aromatic N) is 1. The van der Waals surface area contributed by atoms with Crippen LogP contribution in [0.2, 0.25) is 0 Å². The van der Waals surface area contributed by atoms with Gasteiger partial charge in [-0.15, -0.1) is 0 Å². The number of ether oxygens (including phenoxy) is 1. The molecule has 1 heterocycles. The highest BCUT2D eigenvalue weighted by Gasteiger charge is 2.06. The summed E-state index contributed by atoms with van der Waals surface area (Å²) >= 11 is 0. The third-order valence-electron chi connectivity index (χ3n) is 2.47. The van der Waals surface area contributed by atoms with Gasteiger partial charge < -0.3 is 4.74 Å². The molecule has 2 nitrogen and oxygen atoms in total. The maximum atomic E-state index is 5.19. The van der Waals surface area contributed by atoms with Crippen LogP contribution in [0.3, 0.4) is 0 Å². The van der Waals surface area contributed by atoms with Gasteiger partial charge in [-0.25, -0.2) is 0 Å². The average Bonchev–Trinajstić information content (AvgIpc) is 2.33. The number of benzene rings is 1. The summed E-state index contributed by atoms with van der Waals surface area (Å²) in [4.78, 5) is 4.58. The maximum Gasteiger partial charge on any atom is 0.0760 e. The molecule has 0 spiro atoms. The molecule has 0 saturated carbocycles.